The maximum Gasteiger partial charge on any atom is 0.322 e. The number of carbonyl (C=O) groups is 1. The Kier molecular flexibility index (Phi) is 5.30. The minimum atomic E-state index is -3.84. The highest BCUT2D eigenvalue weighted by atomic mass is 32.2. The Hall–Kier alpha value is -1.40. The second-order valence-corrected chi connectivity index (χ2v) is 7.12. The van der Waals surface area contributed by atoms with E-state index in [-0.39, 0.29) is 16.7 Å². The van der Waals surface area contributed by atoms with Crippen LogP contribution in [0.3, 0.4) is 0 Å². The molecule has 112 valence electrons. The summed E-state index contributed by atoms with van der Waals surface area (Å²) in [4.78, 5) is 11.2. The quantitative estimate of drug-likeness (QED) is 0.843. The summed E-state index contributed by atoms with van der Waals surface area (Å²) in [7, 11) is -3.84. The zero-order valence-corrected chi connectivity index (χ0v) is 12.9. The zero-order valence-electron chi connectivity index (χ0n) is 12.1. The van der Waals surface area contributed by atoms with Gasteiger partial charge in [-0.25, -0.2) is 8.42 Å². The average molecular weight is 299 g/mol. The van der Waals surface area contributed by atoms with Crippen LogP contribution in [-0.4, -0.2) is 25.5 Å². The molecule has 1 aromatic carbocycles. The molecule has 0 saturated heterocycles. The fourth-order valence-corrected chi connectivity index (χ4v) is 3.14. The fraction of sp³-hybridized carbons (Fsp3) is 0.500. The first-order valence-corrected chi connectivity index (χ1v) is 7.98. The van der Waals surface area contributed by atoms with Crippen molar-refractivity contribution in [2.24, 2.45) is 5.92 Å². The Labute approximate surface area is 120 Å². The van der Waals surface area contributed by atoms with Gasteiger partial charge in [0.15, 0.2) is 0 Å². The Bertz CT molecular complexity index is 579. The van der Waals surface area contributed by atoms with Crippen molar-refractivity contribution in [1.82, 2.24) is 4.72 Å². The minimum Gasteiger partial charge on any atom is -0.480 e. The van der Waals surface area contributed by atoms with Gasteiger partial charge in [-0.05, 0) is 29.5 Å². The lowest BCUT2D eigenvalue weighted by atomic mass is 10.0. The van der Waals surface area contributed by atoms with E-state index < -0.39 is 22.0 Å². The third-order valence-electron chi connectivity index (χ3n) is 3.05. The van der Waals surface area contributed by atoms with Crippen LogP contribution in [0.1, 0.15) is 39.2 Å². The third-order valence-corrected chi connectivity index (χ3v) is 4.49. The van der Waals surface area contributed by atoms with E-state index in [2.05, 4.69) is 4.72 Å². The molecule has 0 aliphatic carbocycles. The van der Waals surface area contributed by atoms with Crippen LogP contribution in [0.4, 0.5) is 0 Å². The van der Waals surface area contributed by atoms with Crippen molar-refractivity contribution in [3.8, 4) is 0 Å². The zero-order chi connectivity index (χ0) is 15.5. The van der Waals surface area contributed by atoms with Gasteiger partial charge in [-0.2, -0.15) is 4.72 Å². The van der Waals surface area contributed by atoms with Gasteiger partial charge >= 0.3 is 5.97 Å². The van der Waals surface area contributed by atoms with E-state index in [0.717, 1.165) is 5.56 Å². The molecule has 20 heavy (non-hydrogen) atoms. The number of benzene rings is 1. The molecule has 0 bridgehead atoms. The van der Waals surface area contributed by atoms with Gasteiger partial charge in [-0.15, -0.1) is 0 Å². The molecule has 0 spiro atoms. The first kappa shape index (κ1) is 16.7. The van der Waals surface area contributed by atoms with E-state index in [1.807, 2.05) is 19.9 Å². The summed E-state index contributed by atoms with van der Waals surface area (Å²) in [5, 5.41) is 9.07. The van der Waals surface area contributed by atoms with Crippen molar-refractivity contribution in [2.75, 3.05) is 0 Å². The average Bonchev–Trinajstić information content (AvgIpc) is 2.35. The second-order valence-electron chi connectivity index (χ2n) is 5.41. The molecule has 1 rings (SSSR count). The molecule has 0 aromatic heterocycles. The van der Waals surface area contributed by atoms with Crippen LogP contribution in [-0.2, 0) is 14.8 Å². The summed E-state index contributed by atoms with van der Waals surface area (Å²) in [6, 6.07) is 5.41. The van der Waals surface area contributed by atoms with Gasteiger partial charge in [-0.1, -0.05) is 39.8 Å². The van der Waals surface area contributed by atoms with E-state index in [0.29, 0.717) is 0 Å². The van der Waals surface area contributed by atoms with E-state index in [4.69, 9.17) is 5.11 Å². The lowest BCUT2D eigenvalue weighted by Gasteiger charge is -2.18. The molecule has 1 atom stereocenters. The second kappa shape index (κ2) is 6.37. The number of rotatable bonds is 6. The Morgan fingerprint density at radius 1 is 1.20 bits per heavy atom. The minimum absolute atomic E-state index is 0.0931. The van der Waals surface area contributed by atoms with Gasteiger partial charge < -0.3 is 5.11 Å². The van der Waals surface area contributed by atoms with E-state index in [1.165, 1.54) is 6.07 Å². The predicted molar refractivity (Wildman–Crippen MR) is 77.1 cm³/mol. The SMILES string of the molecule is CC(C)c1cccc(S(=O)(=O)N[C@@H](C(=O)O)C(C)C)c1. The van der Waals surface area contributed by atoms with Crippen LogP contribution >= 0.6 is 0 Å². The number of carboxylic acid groups (broad SMARTS) is 1. The van der Waals surface area contributed by atoms with Crippen molar-refractivity contribution in [1.29, 1.82) is 0 Å². The van der Waals surface area contributed by atoms with Crippen LogP contribution in [0.25, 0.3) is 0 Å². The number of nitrogens with one attached hydrogen (secondary N) is 1. The lowest BCUT2D eigenvalue weighted by molar-refractivity contribution is -0.140. The van der Waals surface area contributed by atoms with Crippen molar-refractivity contribution < 1.29 is 18.3 Å². The molecule has 1 aromatic rings. The summed E-state index contributed by atoms with van der Waals surface area (Å²) in [6.07, 6.45) is 0. The highest BCUT2D eigenvalue weighted by molar-refractivity contribution is 7.89. The molecular formula is C14H21NO4S. The molecule has 5 nitrogen and oxygen atoms in total. The summed E-state index contributed by atoms with van der Waals surface area (Å²) in [5.74, 6) is -1.32. The van der Waals surface area contributed by atoms with Gasteiger partial charge in [0, 0.05) is 0 Å². The smallest absolute Gasteiger partial charge is 0.322 e. The molecule has 0 aliphatic rings. The molecule has 0 unspecified atom stereocenters. The van der Waals surface area contributed by atoms with Crippen molar-refractivity contribution >= 4 is 16.0 Å². The number of sulfonamides is 1. The first-order chi connectivity index (χ1) is 9.15. The lowest BCUT2D eigenvalue weighted by Crippen LogP contribution is -2.44. The number of carboxylic acids is 1. The molecule has 0 heterocycles. The van der Waals surface area contributed by atoms with Crippen LogP contribution in [0.5, 0.6) is 0 Å². The van der Waals surface area contributed by atoms with Gasteiger partial charge in [0.1, 0.15) is 6.04 Å². The monoisotopic (exact) mass is 299 g/mol. The van der Waals surface area contributed by atoms with Crippen molar-refractivity contribution in [3.05, 3.63) is 29.8 Å². The summed E-state index contributed by atoms with van der Waals surface area (Å²) in [5.41, 5.74) is 0.893. The van der Waals surface area contributed by atoms with Crippen molar-refractivity contribution in [2.45, 2.75) is 44.6 Å². The van der Waals surface area contributed by atoms with E-state index in [9.17, 15) is 13.2 Å². The molecule has 6 heteroatoms. The molecule has 2 N–H and O–H groups in total. The largest absolute Gasteiger partial charge is 0.480 e. The first-order valence-electron chi connectivity index (χ1n) is 6.50. The Morgan fingerprint density at radius 3 is 2.25 bits per heavy atom. The summed E-state index contributed by atoms with van der Waals surface area (Å²) >= 11 is 0. The highest BCUT2D eigenvalue weighted by Gasteiger charge is 2.28. The van der Waals surface area contributed by atoms with Crippen LogP contribution < -0.4 is 4.72 Å². The molecule has 0 saturated carbocycles. The van der Waals surface area contributed by atoms with Gasteiger partial charge in [0.25, 0.3) is 0 Å². The van der Waals surface area contributed by atoms with Crippen LogP contribution in [0.15, 0.2) is 29.2 Å². The summed E-state index contributed by atoms with van der Waals surface area (Å²) < 4.78 is 26.8. The fourth-order valence-electron chi connectivity index (χ4n) is 1.75. The molecule has 0 aliphatic heterocycles. The number of hydrogen-bond donors (Lipinski definition) is 2. The molecule has 0 amide bonds. The van der Waals surface area contributed by atoms with E-state index in [1.54, 1.807) is 26.0 Å². The predicted octanol–water partition coefficient (Wildman–Crippen LogP) is 2.20. The number of hydrogen-bond acceptors (Lipinski definition) is 3. The van der Waals surface area contributed by atoms with Crippen LogP contribution in [0.2, 0.25) is 0 Å². The van der Waals surface area contributed by atoms with E-state index >= 15 is 0 Å². The molecule has 0 radical (unpaired) electrons. The van der Waals surface area contributed by atoms with Gasteiger partial charge in [0.2, 0.25) is 10.0 Å². The maximum atomic E-state index is 12.3. The highest BCUT2D eigenvalue weighted by Crippen LogP contribution is 2.19. The van der Waals surface area contributed by atoms with Gasteiger partial charge in [-0.3, -0.25) is 4.79 Å². The normalized spacial score (nSPS) is 13.7. The molecule has 0 fully saturated rings. The number of aliphatic carboxylic acids is 1. The van der Waals surface area contributed by atoms with Gasteiger partial charge in [0.05, 0.1) is 4.90 Å². The maximum absolute atomic E-state index is 12.3. The molecular weight excluding hydrogens is 278 g/mol. The Balaban J connectivity index is 3.10. The third kappa shape index (κ3) is 4.05. The van der Waals surface area contributed by atoms with Crippen molar-refractivity contribution in [3.63, 3.8) is 0 Å². The standard InChI is InChI=1S/C14H21NO4S/c1-9(2)11-6-5-7-12(8-11)20(18,19)15-13(10(3)4)14(16)17/h5-10,13,15H,1-4H3,(H,16,17)/t13-/m1/s1. The van der Waals surface area contributed by atoms with Crippen LogP contribution in [0, 0.1) is 5.92 Å². The summed E-state index contributed by atoms with van der Waals surface area (Å²) in [6.45, 7) is 7.25. The Morgan fingerprint density at radius 2 is 1.80 bits per heavy atom. The topological polar surface area (TPSA) is 83.5 Å².